The lowest BCUT2D eigenvalue weighted by Gasteiger charge is -2.36. The van der Waals surface area contributed by atoms with Gasteiger partial charge in [0.25, 0.3) is 0 Å². The minimum absolute atomic E-state index is 0.0716. The number of amidine groups is 1. The molecule has 4 N–H and O–H groups in total. The molecule has 1 amide bonds. The molecule has 1 atom stereocenters. The van der Waals surface area contributed by atoms with Gasteiger partial charge in [0.15, 0.2) is 0 Å². The zero-order valence-electron chi connectivity index (χ0n) is 17.5. The summed E-state index contributed by atoms with van der Waals surface area (Å²) in [6.45, 7) is 9.12. The fourth-order valence-corrected chi connectivity index (χ4v) is 4.16. The summed E-state index contributed by atoms with van der Waals surface area (Å²) in [7, 11) is 0. The van der Waals surface area contributed by atoms with E-state index in [9.17, 15) is 4.79 Å². The second-order valence-electron chi connectivity index (χ2n) is 8.96. The lowest BCUT2D eigenvalue weighted by atomic mass is 9.86. The highest BCUT2D eigenvalue weighted by Crippen LogP contribution is 2.29. The summed E-state index contributed by atoms with van der Waals surface area (Å²) in [5.41, 5.74) is 7.65. The summed E-state index contributed by atoms with van der Waals surface area (Å²) in [5, 5.41) is 1.72. The van der Waals surface area contributed by atoms with Crippen molar-refractivity contribution in [3.8, 4) is 0 Å². The molecule has 3 rings (SSSR count). The van der Waals surface area contributed by atoms with E-state index < -0.39 is 5.54 Å². The molecule has 1 aromatic rings. The van der Waals surface area contributed by atoms with Crippen molar-refractivity contribution in [2.75, 3.05) is 26.2 Å². The molecule has 1 saturated heterocycles. The van der Waals surface area contributed by atoms with Crippen LogP contribution in [0.3, 0.4) is 0 Å². The van der Waals surface area contributed by atoms with Crippen molar-refractivity contribution >= 4 is 11.7 Å². The fourth-order valence-electron chi connectivity index (χ4n) is 4.16. The number of hydrazine groups is 1. The number of carbonyl (C=O) groups is 1. The average Bonchev–Trinajstić information content (AvgIpc) is 3.11. The van der Waals surface area contributed by atoms with Crippen molar-refractivity contribution in [1.82, 2.24) is 9.91 Å². The van der Waals surface area contributed by atoms with Gasteiger partial charge in [-0.2, -0.15) is 0 Å². The third kappa shape index (κ3) is 4.92. The van der Waals surface area contributed by atoms with E-state index in [4.69, 9.17) is 11.6 Å². The molecule has 0 aliphatic carbocycles. The number of nitrogens with two attached hydrogens (primary N) is 2. The number of hydrogen-bond acceptors (Lipinski definition) is 5. The lowest BCUT2D eigenvalue weighted by molar-refractivity contribution is -0.137. The van der Waals surface area contributed by atoms with Crippen LogP contribution in [0.15, 0.2) is 29.3 Å². The molecular weight excluding hydrogens is 350 g/mol. The van der Waals surface area contributed by atoms with Crippen LogP contribution in [0.25, 0.3) is 0 Å². The molecule has 6 nitrogen and oxygen atoms in total. The zero-order valence-corrected chi connectivity index (χ0v) is 17.5. The Kier molecular flexibility index (Phi) is 6.40. The van der Waals surface area contributed by atoms with E-state index in [1.165, 1.54) is 18.4 Å². The Morgan fingerprint density at radius 1 is 1.21 bits per heavy atom. The van der Waals surface area contributed by atoms with Gasteiger partial charge in [0.2, 0.25) is 5.91 Å². The molecular formula is C22H35N5O. The standard InChI is InChI=1S/C22H35N5O/c1-16(18-6-8-19(9-7-18)20-25-12-15-27(20)24)4-5-17-10-13-26(14-11-17)21(28)22(2,3)23/h6-9,16-17H,4-5,10-15,23-24H2,1-3H3. The van der Waals surface area contributed by atoms with E-state index in [0.717, 1.165) is 50.4 Å². The van der Waals surface area contributed by atoms with Crippen LogP contribution < -0.4 is 11.6 Å². The van der Waals surface area contributed by atoms with Crippen LogP contribution in [-0.4, -0.2) is 53.4 Å². The number of nitrogens with zero attached hydrogens (tertiary/aromatic N) is 3. The van der Waals surface area contributed by atoms with Crippen molar-refractivity contribution < 1.29 is 4.79 Å². The number of likely N-dealkylation sites (tertiary alicyclic amines) is 1. The van der Waals surface area contributed by atoms with Crippen molar-refractivity contribution in [3.63, 3.8) is 0 Å². The average molecular weight is 386 g/mol. The van der Waals surface area contributed by atoms with Crippen LogP contribution >= 0.6 is 0 Å². The molecule has 1 aromatic carbocycles. The second kappa shape index (κ2) is 8.62. The van der Waals surface area contributed by atoms with Gasteiger partial charge in [0.1, 0.15) is 5.84 Å². The van der Waals surface area contributed by atoms with Crippen molar-refractivity contribution in [1.29, 1.82) is 0 Å². The summed E-state index contributed by atoms with van der Waals surface area (Å²) in [4.78, 5) is 18.7. The van der Waals surface area contributed by atoms with E-state index in [-0.39, 0.29) is 5.91 Å². The second-order valence-corrected chi connectivity index (χ2v) is 8.96. The summed E-state index contributed by atoms with van der Waals surface area (Å²) in [5.74, 6) is 8.15. The van der Waals surface area contributed by atoms with Crippen LogP contribution in [-0.2, 0) is 4.79 Å². The maximum atomic E-state index is 12.3. The maximum Gasteiger partial charge on any atom is 0.242 e. The van der Waals surface area contributed by atoms with Crippen LogP contribution in [0.2, 0.25) is 0 Å². The molecule has 28 heavy (non-hydrogen) atoms. The monoisotopic (exact) mass is 385 g/mol. The highest BCUT2D eigenvalue weighted by molar-refractivity contribution is 5.99. The third-order valence-electron chi connectivity index (χ3n) is 6.07. The first kappa shape index (κ1) is 20.8. The van der Waals surface area contributed by atoms with E-state index >= 15 is 0 Å². The minimum Gasteiger partial charge on any atom is -0.341 e. The van der Waals surface area contributed by atoms with Gasteiger partial charge in [-0.1, -0.05) is 31.2 Å². The minimum atomic E-state index is -0.765. The van der Waals surface area contributed by atoms with Gasteiger partial charge < -0.3 is 10.6 Å². The highest BCUT2D eigenvalue weighted by atomic mass is 16.2. The molecule has 0 aromatic heterocycles. The van der Waals surface area contributed by atoms with Crippen LogP contribution in [0.5, 0.6) is 0 Å². The predicted molar refractivity (Wildman–Crippen MR) is 114 cm³/mol. The Morgan fingerprint density at radius 3 is 2.39 bits per heavy atom. The Balaban J connectivity index is 1.46. The van der Waals surface area contributed by atoms with Gasteiger partial charge >= 0.3 is 0 Å². The largest absolute Gasteiger partial charge is 0.341 e. The van der Waals surface area contributed by atoms with E-state index in [0.29, 0.717) is 11.8 Å². The van der Waals surface area contributed by atoms with E-state index in [1.54, 1.807) is 18.9 Å². The maximum absolute atomic E-state index is 12.3. The molecule has 0 bridgehead atoms. The Labute approximate surface area is 168 Å². The first-order valence-corrected chi connectivity index (χ1v) is 10.5. The fraction of sp³-hybridized carbons (Fsp3) is 0.636. The predicted octanol–water partition coefficient (Wildman–Crippen LogP) is 2.48. The molecule has 2 heterocycles. The Hall–Kier alpha value is -1.92. The number of carbonyl (C=O) groups excluding carboxylic acids is 1. The number of amides is 1. The normalized spacial score (nSPS) is 19.7. The molecule has 0 radical (unpaired) electrons. The Morgan fingerprint density at radius 2 is 1.86 bits per heavy atom. The number of piperidine rings is 1. The Bertz CT molecular complexity index is 699. The van der Waals surface area contributed by atoms with Gasteiger partial charge in [-0.3, -0.25) is 14.8 Å². The van der Waals surface area contributed by atoms with E-state index in [1.807, 2.05) is 4.90 Å². The lowest BCUT2D eigenvalue weighted by Crippen LogP contribution is -2.53. The van der Waals surface area contributed by atoms with Crippen molar-refractivity contribution in [3.05, 3.63) is 35.4 Å². The zero-order chi connectivity index (χ0) is 20.3. The summed E-state index contributed by atoms with van der Waals surface area (Å²) in [6, 6.07) is 8.68. The van der Waals surface area contributed by atoms with Crippen molar-refractivity contribution in [2.45, 2.75) is 57.9 Å². The summed E-state index contributed by atoms with van der Waals surface area (Å²) < 4.78 is 0. The van der Waals surface area contributed by atoms with Gasteiger partial charge in [0.05, 0.1) is 18.6 Å². The highest BCUT2D eigenvalue weighted by Gasteiger charge is 2.30. The summed E-state index contributed by atoms with van der Waals surface area (Å²) in [6.07, 6.45) is 4.55. The van der Waals surface area contributed by atoms with Gasteiger partial charge in [-0.15, -0.1) is 0 Å². The first-order chi connectivity index (χ1) is 13.3. The van der Waals surface area contributed by atoms with Crippen LogP contribution in [0.4, 0.5) is 0 Å². The molecule has 0 spiro atoms. The molecule has 6 heteroatoms. The molecule has 1 unspecified atom stereocenters. The van der Waals surface area contributed by atoms with Crippen LogP contribution in [0.1, 0.15) is 63.5 Å². The number of benzene rings is 1. The molecule has 1 fully saturated rings. The quantitative estimate of drug-likeness (QED) is 0.737. The molecule has 0 saturated carbocycles. The van der Waals surface area contributed by atoms with Gasteiger partial charge in [0, 0.05) is 18.7 Å². The van der Waals surface area contributed by atoms with Gasteiger partial charge in [-0.25, -0.2) is 5.84 Å². The number of rotatable bonds is 6. The molecule has 2 aliphatic heterocycles. The molecule has 154 valence electrons. The number of hydrogen-bond donors (Lipinski definition) is 2. The SMILES string of the molecule is CC(CCC1CCN(C(=O)C(C)(C)N)CC1)c1ccc(C2=NCCN2N)cc1. The van der Waals surface area contributed by atoms with Crippen LogP contribution in [0, 0.1) is 5.92 Å². The van der Waals surface area contributed by atoms with Gasteiger partial charge in [-0.05, 0) is 56.9 Å². The smallest absolute Gasteiger partial charge is 0.242 e. The first-order valence-electron chi connectivity index (χ1n) is 10.5. The number of aliphatic imine (C=N–C) groups is 1. The topological polar surface area (TPSA) is 88.0 Å². The van der Waals surface area contributed by atoms with E-state index in [2.05, 4.69) is 36.2 Å². The summed E-state index contributed by atoms with van der Waals surface area (Å²) >= 11 is 0. The third-order valence-corrected chi connectivity index (χ3v) is 6.07. The van der Waals surface area contributed by atoms with Crippen molar-refractivity contribution in [2.24, 2.45) is 22.5 Å². The molecule has 2 aliphatic rings.